The zero-order valence-electron chi connectivity index (χ0n) is 10.9. The Hall–Kier alpha value is -2.69. The summed E-state index contributed by atoms with van der Waals surface area (Å²) in [5.74, 6) is -0.309. The zero-order valence-corrected chi connectivity index (χ0v) is 11.7. The van der Waals surface area contributed by atoms with Crippen molar-refractivity contribution >= 4 is 21.8 Å². The van der Waals surface area contributed by atoms with E-state index in [1.165, 1.54) is 12.1 Å². The molecular weight excluding hydrogens is 343 g/mol. The van der Waals surface area contributed by atoms with Gasteiger partial charge in [-0.3, -0.25) is 14.9 Å². The summed E-state index contributed by atoms with van der Waals surface area (Å²) in [7, 11) is -5.72. The topological polar surface area (TPSA) is 107 Å². The monoisotopic (exact) mass is 349 g/mol. The predicted molar refractivity (Wildman–Crippen MR) is 69.4 cm³/mol. The maximum Gasteiger partial charge on any atom is 0.501 e. The van der Waals surface area contributed by atoms with Crippen molar-refractivity contribution in [3.8, 4) is 11.3 Å². The van der Waals surface area contributed by atoms with Gasteiger partial charge in [0, 0.05) is 6.07 Å². The molecule has 1 aromatic heterocycles. The first-order valence-corrected chi connectivity index (χ1v) is 7.21. The fourth-order valence-electron chi connectivity index (χ4n) is 1.73. The highest BCUT2D eigenvalue weighted by molar-refractivity contribution is 7.92. The van der Waals surface area contributed by atoms with E-state index in [-0.39, 0.29) is 17.1 Å². The van der Waals surface area contributed by atoms with E-state index in [0.29, 0.717) is 18.4 Å². The highest BCUT2D eigenvalue weighted by Gasteiger charge is 2.47. The average Bonchev–Trinajstić information content (AvgIpc) is 2.94. The molecule has 1 aromatic carbocycles. The summed E-state index contributed by atoms with van der Waals surface area (Å²) in [6.07, 6.45) is 0.331. The van der Waals surface area contributed by atoms with E-state index in [0.717, 1.165) is 6.07 Å². The number of nitrogens with zero attached hydrogens (tertiary/aromatic N) is 1. The summed E-state index contributed by atoms with van der Waals surface area (Å²) < 4.78 is 65.1. The van der Waals surface area contributed by atoms with Crippen molar-refractivity contribution in [2.45, 2.75) is 10.4 Å². The molecular formula is C12H6F3NO6S. The first-order chi connectivity index (χ1) is 10.6. The van der Waals surface area contributed by atoms with Crippen LogP contribution >= 0.6 is 0 Å². The highest BCUT2D eigenvalue weighted by atomic mass is 32.2. The number of benzene rings is 1. The SMILES string of the molecule is O=Cc1ccc(-c2ccc(S(=O)(=O)C(F)(F)F)cc2[N+](=O)[O-])o1. The molecule has 7 nitrogen and oxygen atoms in total. The number of nitro groups is 1. The van der Waals surface area contributed by atoms with Crippen LogP contribution in [0.1, 0.15) is 10.6 Å². The minimum Gasteiger partial charge on any atom is -0.453 e. The fourth-order valence-corrected chi connectivity index (χ4v) is 2.51. The molecule has 2 aromatic rings. The van der Waals surface area contributed by atoms with Crippen molar-refractivity contribution < 1.29 is 35.7 Å². The highest BCUT2D eigenvalue weighted by Crippen LogP contribution is 2.36. The smallest absolute Gasteiger partial charge is 0.453 e. The molecule has 0 saturated carbocycles. The minimum atomic E-state index is -5.72. The number of halogens is 3. The molecule has 11 heteroatoms. The molecule has 0 aliphatic heterocycles. The van der Waals surface area contributed by atoms with Crippen molar-refractivity contribution in [2.75, 3.05) is 0 Å². The number of carbonyl (C=O) groups excluding carboxylic acids is 1. The lowest BCUT2D eigenvalue weighted by molar-refractivity contribution is -0.384. The number of alkyl halides is 3. The third kappa shape index (κ3) is 2.95. The van der Waals surface area contributed by atoms with Gasteiger partial charge in [0.25, 0.3) is 15.5 Å². The maximum absolute atomic E-state index is 12.5. The molecule has 0 atom stereocenters. The van der Waals surface area contributed by atoms with Gasteiger partial charge in [0.05, 0.1) is 15.4 Å². The van der Waals surface area contributed by atoms with Crippen molar-refractivity contribution in [3.05, 3.63) is 46.2 Å². The largest absolute Gasteiger partial charge is 0.501 e. The fraction of sp³-hybridized carbons (Fsp3) is 0.0833. The summed E-state index contributed by atoms with van der Waals surface area (Å²) in [4.78, 5) is 19.2. The van der Waals surface area contributed by atoms with Crippen LogP contribution in [0.5, 0.6) is 0 Å². The molecule has 0 spiro atoms. The van der Waals surface area contributed by atoms with Crippen LogP contribution in [0.2, 0.25) is 0 Å². The van der Waals surface area contributed by atoms with E-state index in [2.05, 4.69) is 0 Å². The summed E-state index contributed by atoms with van der Waals surface area (Å²) in [6, 6.07) is 4.08. The van der Waals surface area contributed by atoms with Crippen molar-refractivity contribution in [2.24, 2.45) is 0 Å². The van der Waals surface area contributed by atoms with Crippen molar-refractivity contribution in [3.63, 3.8) is 0 Å². The van der Waals surface area contributed by atoms with Crippen LogP contribution in [0.15, 0.2) is 39.6 Å². The molecule has 0 aliphatic carbocycles. The van der Waals surface area contributed by atoms with Gasteiger partial charge in [0.15, 0.2) is 12.0 Å². The van der Waals surface area contributed by atoms with E-state index in [4.69, 9.17) is 4.42 Å². The number of sulfone groups is 1. The molecule has 0 amide bonds. The van der Waals surface area contributed by atoms with Gasteiger partial charge in [-0.2, -0.15) is 13.2 Å². The molecule has 0 N–H and O–H groups in total. The van der Waals surface area contributed by atoms with E-state index < -0.39 is 30.9 Å². The van der Waals surface area contributed by atoms with Crippen LogP contribution in [0, 0.1) is 10.1 Å². The molecule has 2 rings (SSSR count). The second-order valence-corrected chi connectivity index (χ2v) is 6.15. The summed E-state index contributed by atoms with van der Waals surface area (Å²) >= 11 is 0. The van der Waals surface area contributed by atoms with Gasteiger partial charge in [-0.05, 0) is 24.3 Å². The first-order valence-electron chi connectivity index (χ1n) is 5.73. The van der Waals surface area contributed by atoms with E-state index in [9.17, 15) is 36.5 Å². The number of hydrogen-bond donors (Lipinski definition) is 0. The lowest BCUT2D eigenvalue weighted by Crippen LogP contribution is -2.23. The van der Waals surface area contributed by atoms with Gasteiger partial charge in [-0.1, -0.05) is 0 Å². The van der Waals surface area contributed by atoms with Gasteiger partial charge >= 0.3 is 5.51 Å². The Bertz CT molecular complexity index is 884. The van der Waals surface area contributed by atoms with E-state index in [1.807, 2.05) is 0 Å². The lowest BCUT2D eigenvalue weighted by atomic mass is 10.1. The Morgan fingerprint density at radius 1 is 1.17 bits per heavy atom. The summed E-state index contributed by atoms with van der Waals surface area (Å²) in [6.45, 7) is 0. The molecule has 0 fully saturated rings. The van der Waals surface area contributed by atoms with Crippen molar-refractivity contribution in [1.82, 2.24) is 0 Å². The van der Waals surface area contributed by atoms with Crippen LogP contribution in [-0.2, 0) is 9.84 Å². The second kappa shape index (κ2) is 5.50. The zero-order chi connectivity index (χ0) is 17.4. The molecule has 0 saturated heterocycles. The quantitative estimate of drug-likeness (QED) is 0.477. The van der Waals surface area contributed by atoms with Crippen LogP contribution in [0.4, 0.5) is 18.9 Å². The Morgan fingerprint density at radius 3 is 2.30 bits per heavy atom. The van der Waals surface area contributed by atoms with Crippen LogP contribution < -0.4 is 0 Å². The lowest BCUT2D eigenvalue weighted by Gasteiger charge is -2.08. The molecule has 0 radical (unpaired) electrons. The number of rotatable bonds is 4. The number of nitro benzene ring substituents is 1. The summed E-state index contributed by atoms with van der Waals surface area (Å²) in [5.41, 5.74) is -6.75. The Balaban J connectivity index is 2.65. The normalized spacial score (nSPS) is 12.1. The van der Waals surface area contributed by atoms with Crippen LogP contribution in [0.3, 0.4) is 0 Å². The number of furan rings is 1. The Morgan fingerprint density at radius 2 is 1.83 bits per heavy atom. The van der Waals surface area contributed by atoms with Gasteiger partial charge in [-0.15, -0.1) is 0 Å². The molecule has 122 valence electrons. The van der Waals surface area contributed by atoms with Crippen LogP contribution in [-0.4, -0.2) is 25.1 Å². The maximum atomic E-state index is 12.5. The first kappa shape index (κ1) is 16.7. The number of hydrogen-bond acceptors (Lipinski definition) is 6. The number of aldehydes is 1. The third-order valence-corrected chi connectivity index (χ3v) is 4.27. The van der Waals surface area contributed by atoms with Gasteiger partial charge < -0.3 is 4.42 Å². The predicted octanol–water partition coefficient (Wildman–Crippen LogP) is 2.96. The molecule has 23 heavy (non-hydrogen) atoms. The Labute approximate surface area is 126 Å². The third-order valence-electron chi connectivity index (χ3n) is 2.79. The Kier molecular flexibility index (Phi) is 3.99. The van der Waals surface area contributed by atoms with E-state index >= 15 is 0 Å². The summed E-state index contributed by atoms with van der Waals surface area (Å²) in [5, 5.41) is 11.0. The van der Waals surface area contributed by atoms with Crippen LogP contribution in [0.25, 0.3) is 11.3 Å². The molecule has 0 bridgehead atoms. The second-order valence-electron chi connectivity index (χ2n) is 4.21. The number of carbonyl (C=O) groups is 1. The molecule has 0 unspecified atom stereocenters. The van der Waals surface area contributed by atoms with Gasteiger partial charge in [-0.25, -0.2) is 8.42 Å². The average molecular weight is 349 g/mol. The van der Waals surface area contributed by atoms with Gasteiger partial charge in [0.2, 0.25) is 0 Å². The van der Waals surface area contributed by atoms with E-state index in [1.54, 1.807) is 0 Å². The minimum absolute atomic E-state index is 0.152. The van der Waals surface area contributed by atoms with Crippen molar-refractivity contribution in [1.29, 1.82) is 0 Å². The molecule has 0 aliphatic rings. The molecule has 1 heterocycles. The standard InChI is InChI=1S/C12H6F3NO6S/c13-12(14,15)23(20,21)8-2-3-9(10(5-8)16(18)19)11-4-1-7(6-17)22-11/h1-6H. The van der Waals surface area contributed by atoms with Gasteiger partial charge in [0.1, 0.15) is 5.76 Å².